The zero-order chi connectivity index (χ0) is 101. The number of carbonyl (C=O) groups excluding carboxylic acids is 5. The minimum absolute atomic E-state index is 0.0754. The van der Waals surface area contributed by atoms with E-state index in [0.717, 1.165) is 85.6 Å². The maximum atomic E-state index is 13.0. The van der Waals surface area contributed by atoms with E-state index in [1.54, 1.807) is 75.5 Å². The van der Waals surface area contributed by atoms with Crippen LogP contribution in [-0.2, 0) is 104 Å². The number of aliphatic carboxylic acids is 1. The fraction of sp³-hybridized carbons (Fsp3) is 0.220. The topological polar surface area (TPSA) is 407 Å². The van der Waals surface area contributed by atoms with Crippen molar-refractivity contribution in [2.75, 3.05) is 70.4 Å². The van der Waals surface area contributed by atoms with Crippen LogP contribution in [-0.4, -0.2) is 151 Å². The van der Waals surface area contributed by atoms with Crippen molar-refractivity contribution in [1.82, 2.24) is 25.2 Å². The largest absolute Gasteiger partial charge is 0.481 e. The van der Waals surface area contributed by atoms with Gasteiger partial charge in [-0.25, -0.2) is 0 Å². The Labute approximate surface area is 842 Å². The van der Waals surface area contributed by atoms with Crippen LogP contribution in [0.25, 0.3) is 36.6 Å². The molecule has 0 saturated heterocycles. The van der Waals surface area contributed by atoms with Gasteiger partial charge in [0.05, 0.1) is 63.7 Å². The predicted molar refractivity (Wildman–Crippen MR) is 554 cm³/mol. The number of halogens is 6. The number of aromatic nitrogens is 5. The van der Waals surface area contributed by atoms with Crippen LogP contribution in [0.4, 0.5) is 36.4 Å². The molecule has 27 nitrogen and oxygen atoms in total. The number of ether oxygens (including phenoxy) is 2. The van der Waals surface area contributed by atoms with Crippen molar-refractivity contribution >= 4 is 204 Å². The Kier molecular flexibility index (Phi) is 47.4. The van der Waals surface area contributed by atoms with Gasteiger partial charge in [-0.3, -0.25) is 47.7 Å². The Morgan fingerprint density at radius 2 is 0.935 bits per heavy atom. The predicted octanol–water partition coefficient (Wildman–Crippen LogP) is 21.9. The average molecular weight is 2120 g/mol. The summed E-state index contributed by atoms with van der Waals surface area (Å²) >= 11 is 23.2. The Balaban J connectivity index is 0.000000196. The number of alkyl halides is 4. The molecule has 139 heavy (non-hydrogen) atoms. The number of carbonyl (C=O) groups is 6. The summed E-state index contributed by atoms with van der Waals surface area (Å²) in [5.74, 6) is 2.95. The second-order valence-electron chi connectivity index (χ2n) is 29.8. The molecular weight excluding hydrogens is 2020 g/mol. The van der Waals surface area contributed by atoms with Gasteiger partial charge in [0, 0.05) is 82.9 Å². The van der Waals surface area contributed by atoms with Crippen LogP contribution >= 0.6 is 87.0 Å². The molecule has 5 aliphatic rings. The lowest BCUT2D eigenvalue weighted by Gasteiger charge is -2.06. The summed E-state index contributed by atoms with van der Waals surface area (Å²) in [5.41, 5.74) is 21.0. The molecule has 0 fully saturated rings. The van der Waals surface area contributed by atoms with Crippen LogP contribution in [0.15, 0.2) is 278 Å². The van der Waals surface area contributed by atoms with Crippen molar-refractivity contribution in [2.45, 2.75) is 95.8 Å². The first-order chi connectivity index (χ1) is 66.8. The van der Waals surface area contributed by atoms with E-state index >= 15 is 0 Å². The standard InChI is InChI=1S/C21H18ClN3O3S.C15H14N2O3S.C15H14N2O2S.C12H12O2S.C11H10O2S.C9H8.C7H6BrCl.C4H6N2O.C3H5F3O.C3H6O2S.H2O2/c1-14-9-20(24-28-14)23-21(26)13-29(27)19-12-25(18-8-3-2-7-17(18)19)11-15-5-4-6-16(22)10-15;1-10-8-14(17-20-10)16-15(18)9-21(19)13-7-6-11-4-2-3-5-12(11)13;1-10-8-14(17-19-10)16-15(18)9-20-13-7-6-11-4-2-3-5-12(11)13;1-14-12(13)8-15-11-7-6-9-4-2-3-5-10(9)11;12-11(13)7-14-10-6-5-8-3-1-2-4-9(8)10;1-2-5-9-7-3-6-8(9)4-1;8-5-6-2-1-3-7(9)4-6;1-3-2-4(5)6-7-3;1-2(7)3(4,5)6;1-5-3(4)2-6;1-2/h2-10,12H,11,13H2,1H3,(H,23,24,26);2-5,7-8H,6,9H2,1H3,(H,16,17,18);2-5,7-8H,6,9H2,1H3,(H,16,17,18);2-5,7H,6,8H2,1H3;1-4,6H,5,7H2,(H,12,13);1-6H,7H2;1-4H,5H2;2H,1H3,(H2,5,6);2,7H,1H3;6H,2H2,1H3;1-2H. The van der Waals surface area contributed by atoms with Gasteiger partial charge in [-0.2, -0.15) is 25.8 Å². The number of hydrogen-bond donors (Lipinski definition) is 9. The van der Waals surface area contributed by atoms with Gasteiger partial charge < -0.3 is 64.0 Å². The number of para-hydroxylation sites is 1. The van der Waals surface area contributed by atoms with Crippen molar-refractivity contribution in [3.8, 4) is 0 Å². The summed E-state index contributed by atoms with van der Waals surface area (Å²) < 4.78 is 88.2. The summed E-state index contributed by atoms with van der Waals surface area (Å²) in [7, 11) is -0.128. The molecule has 5 aromatic heterocycles. The van der Waals surface area contributed by atoms with Crippen LogP contribution in [0.1, 0.15) is 96.7 Å². The van der Waals surface area contributed by atoms with E-state index in [9.17, 15) is 50.4 Å². The molecule has 13 aromatic rings. The zero-order valence-electron chi connectivity index (χ0n) is 76.2. The van der Waals surface area contributed by atoms with Crippen LogP contribution < -0.4 is 21.7 Å². The molecule has 0 saturated carbocycles. The van der Waals surface area contributed by atoms with Gasteiger partial charge in [0.2, 0.25) is 17.7 Å². The minimum Gasteiger partial charge on any atom is -0.481 e. The number of esters is 2. The maximum Gasteiger partial charge on any atom is 0.414 e. The number of aliphatic hydroxyl groups excluding tert-OH is 1. The fourth-order valence-corrected chi connectivity index (χ4v) is 18.8. The summed E-state index contributed by atoms with van der Waals surface area (Å²) in [6.07, 6.45) is 12.7. The summed E-state index contributed by atoms with van der Waals surface area (Å²) in [5, 5.41) is 54.0. The molecule has 39 heteroatoms. The summed E-state index contributed by atoms with van der Waals surface area (Å²) in [6, 6.07) is 70.7. The summed E-state index contributed by atoms with van der Waals surface area (Å²) in [4.78, 5) is 72.1. The Morgan fingerprint density at radius 3 is 1.35 bits per heavy atom. The number of nitrogen functional groups attached to an aromatic ring is 1. The molecule has 3 unspecified atom stereocenters. The molecule has 732 valence electrons. The number of methoxy groups -OCH3 is 2. The van der Waals surface area contributed by atoms with Gasteiger partial charge in [0.1, 0.15) is 40.7 Å². The van der Waals surface area contributed by atoms with Gasteiger partial charge in [-0.05, 0) is 164 Å². The zero-order valence-corrected chi connectivity index (χ0v) is 84.2. The summed E-state index contributed by atoms with van der Waals surface area (Å²) in [6.45, 7) is 8.32. The number of rotatable bonds is 22. The number of carboxylic acids is 1. The van der Waals surface area contributed by atoms with Crippen LogP contribution in [0.3, 0.4) is 0 Å². The first-order valence-corrected chi connectivity index (χ1v) is 50.3. The van der Waals surface area contributed by atoms with E-state index in [-0.39, 0.29) is 52.7 Å². The molecule has 18 rings (SSSR count). The first kappa shape index (κ1) is 112. The highest BCUT2D eigenvalue weighted by molar-refractivity contribution is 9.08. The van der Waals surface area contributed by atoms with E-state index in [1.807, 2.05) is 156 Å². The maximum absolute atomic E-state index is 13.0. The molecule has 9 N–H and O–H groups in total. The van der Waals surface area contributed by atoms with E-state index in [1.165, 1.54) is 85.9 Å². The normalized spacial score (nSPS) is 12.6. The number of allylic oxidation sites excluding steroid dienone is 5. The quantitative estimate of drug-likeness (QED) is 0.0100. The van der Waals surface area contributed by atoms with E-state index < -0.39 is 39.8 Å². The van der Waals surface area contributed by atoms with Crippen molar-refractivity contribution in [2.24, 2.45) is 0 Å². The monoisotopic (exact) mass is 2110 g/mol. The molecular formula is C100H101BrCl2F3N9O18S6. The third-order valence-electron chi connectivity index (χ3n) is 19.3. The van der Waals surface area contributed by atoms with Crippen molar-refractivity contribution in [3.05, 3.63) is 355 Å². The van der Waals surface area contributed by atoms with Crippen LogP contribution in [0.2, 0.25) is 10.0 Å². The molecule has 0 bridgehead atoms. The van der Waals surface area contributed by atoms with E-state index in [0.29, 0.717) is 75.4 Å². The smallest absolute Gasteiger partial charge is 0.414 e. The number of aliphatic hydroxyl groups is 1. The fourth-order valence-electron chi connectivity index (χ4n) is 12.9. The number of fused-ring (bicyclic) bond motifs is 6. The van der Waals surface area contributed by atoms with Gasteiger partial charge in [-0.1, -0.05) is 260 Å². The lowest BCUT2D eigenvalue weighted by molar-refractivity contribution is -0.197. The average Bonchev–Trinajstić information content (AvgIpc) is 1.63. The highest BCUT2D eigenvalue weighted by Gasteiger charge is 2.34. The van der Waals surface area contributed by atoms with E-state index in [4.69, 9.17) is 63.2 Å². The lowest BCUT2D eigenvalue weighted by atomic mass is 10.1. The third-order valence-corrected chi connectivity index (χ3v) is 26.7. The molecule has 5 aliphatic carbocycles. The van der Waals surface area contributed by atoms with Gasteiger partial charge in [-0.15, -0.1) is 35.3 Å². The first-order valence-electron chi connectivity index (χ1n) is 42.2. The van der Waals surface area contributed by atoms with Gasteiger partial charge >= 0.3 is 24.1 Å². The molecule has 3 amide bonds. The number of anilines is 4. The Morgan fingerprint density at radius 1 is 0.525 bits per heavy atom. The number of nitrogens with zero attached hydrogens (tertiary/aromatic N) is 5. The second-order valence-corrected chi connectivity index (χ2v) is 37.4. The Bertz CT molecular complexity index is 6470. The molecule has 5 heterocycles. The minimum atomic E-state index is -4.44. The number of amides is 3. The Hall–Kier alpha value is -12.1. The lowest BCUT2D eigenvalue weighted by Crippen LogP contribution is -2.24. The number of nitrogens with one attached hydrogen (secondary N) is 3. The number of thiol groups is 1. The number of benzene rings is 8. The molecule has 0 aliphatic heterocycles. The van der Waals surface area contributed by atoms with Gasteiger partial charge in [0.25, 0.3) is 0 Å². The number of carboxylic acid groups (broad SMARTS) is 1. The van der Waals surface area contributed by atoms with Crippen LogP contribution in [0.5, 0.6) is 0 Å². The third kappa shape index (κ3) is 38.2. The number of nitrogens with two attached hydrogens (primary N) is 1. The van der Waals surface area contributed by atoms with Gasteiger partial charge in [0.15, 0.2) is 23.3 Å². The van der Waals surface area contributed by atoms with Crippen molar-refractivity contribution in [1.29, 1.82) is 0 Å². The number of thioether (sulfide) groups is 3. The van der Waals surface area contributed by atoms with E-state index in [2.05, 4.69) is 164 Å². The molecule has 8 aromatic carbocycles. The molecule has 0 spiro atoms. The molecule has 3 atom stereocenters. The highest BCUT2D eigenvalue weighted by Crippen LogP contribution is 2.39. The SMILES string of the molecule is C1=Cc2ccccc2C1.CC(O)C(F)(F)F.COC(=O)CS.COC(=O)CSC1=CCc2ccccc21.Cc1cc(N)no1.Cc1cc(NC(=O)CS(=O)C2=CCc3ccccc32)no1.Cc1cc(NC(=O)CS(=O)c2cn(Cc3cccc(Cl)c3)c3ccccc23)no1.Cc1cc(NC(=O)CSC2=CCc3ccccc32)no1.Clc1cccc(CBr)c1.O=C(O)CSC1=CCc2ccccc21.OO. The van der Waals surface area contributed by atoms with Crippen molar-refractivity contribution in [3.63, 3.8) is 0 Å². The highest BCUT2D eigenvalue weighted by atomic mass is 79.9. The second kappa shape index (κ2) is 58.7. The van der Waals surface area contributed by atoms with Crippen LogP contribution in [0, 0.1) is 27.7 Å². The number of hydrogen-bond acceptors (Lipinski definition) is 26. The molecule has 0 radical (unpaired) electrons. The number of aryl methyl sites for hydroxylation is 4. The van der Waals surface area contributed by atoms with Crippen molar-refractivity contribution < 1.29 is 98.6 Å².